The quantitative estimate of drug-likeness (QED) is 0.0495. The van der Waals surface area contributed by atoms with Crippen LogP contribution < -0.4 is 0 Å². The Balaban J connectivity index is 1.18. The summed E-state index contributed by atoms with van der Waals surface area (Å²) in [6, 6.07) is 57.2. The third kappa shape index (κ3) is 10.1. The van der Waals surface area contributed by atoms with Gasteiger partial charge < -0.3 is 28.8 Å². The Morgan fingerprint density at radius 1 is 0.569 bits per heavy atom. The minimum atomic E-state index is -1.38. The van der Waals surface area contributed by atoms with Gasteiger partial charge in [-0.05, 0) is 33.4 Å². The first kappa shape index (κ1) is 40.7. The number of nitrogens with zero attached hydrogens (tertiary/aromatic N) is 1. The van der Waals surface area contributed by atoms with Crippen LogP contribution in [-0.2, 0) is 49.1 Å². The lowest BCUT2D eigenvalue weighted by molar-refractivity contribution is -0.562. The van der Waals surface area contributed by atoms with Crippen LogP contribution >= 0.6 is 0 Å². The van der Waals surface area contributed by atoms with Gasteiger partial charge in [-0.25, -0.2) is 0 Å². The van der Waals surface area contributed by atoms with Crippen LogP contribution in [0.3, 0.4) is 0 Å². The fraction of sp³-hybridized carbons (Fsp3) is 0.265. The van der Waals surface area contributed by atoms with E-state index in [1.165, 1.54) is 0 Å². The summed E-state index contributed by atoms with van der Waals surface area (Å²) in [5.74, 6) is 0. The summed E-state index contributed by atoms with van der Waals surface area (Å²) in [5, 5.41) is 25.1. The van der Waals surface area contributed by atoms with Crippen molar-refractivity contribution in [1.29, 1.82) is 0 Å². The summed E-state index contributed by atoms with van der Waals surface area (Å²) in [7, 11) is 0. The van der Waals surface area contributed by atoms with Gasteiger partial charge in [0.2, 0.25) is 0 Å². The van der Waals surface area contributed by atoms with Gasteiger partial charge in [0.05, 0.1) is 39.1 Å². The van der Waals surface area contributed by atoms with E-state index in [-0.39, 0.29) is 37.8 Å². The van der Waals surface area contributed by atoms with Crippen molar-refractivity contribution in [2.45, 2.75) is 68.4 Å². The van der Waals surface area contributed by atoms with E-state index >= 15 is 0 Å². The minimum absolute atomic E-state index is 0.0756. The molecule has 0 spiro atoms. The molecular formula is C49H49NO8. The normalized spacial score (nSPS) is 20.0. The smallest absolute Gasteiger partial charge is 0.267 e. The van der Waals surface area contributed by atoms with Crippen LogP contribution in [0, 0.1) is 10.1 Å². The van der Waals surface area contributed by atoms with Gasteiger partial charge in [0, 0.05) is 11.3 Å². The molecule has 6 aromatic rings. The predicted octanol–water partition coefficient (Wildman–Crippen LogP) is 8.55. The fourth-order valence-electron chi connectivity index (χ4n) is 7.71. The molecule has 1 fully saturated rings. The van der Waals surface area contributed by atoms with Gasteiger partial charge in [0.1, 0.15) is 23.9 Å². The number of aliphatic hydroxyl groups is 1. The summed E-state index contributed by atoms with van der Waals surface area (Å²) in [6.07, 6.45) is -5.03. The van der Waals surface area contributed by atoms with Crippen LogP contribution in [0.1, 0.15) is 39.8 Å². The molecule has 1 N–H and O–H groups in total. The van der Waals surface area contributed by atoms with E-state index in [2.05, 4.69) is 0 Å². The molecule has 9 heteroatoms. The zero-order chi connectivity index (χ0) is 40.0. The molecule has 1 heterocycles. The van der Waals surface area contributed by atoms with Gasteiger partial charge in [-0.15, -0.1) is 0 Å². The van der Waals surface area contributed by atoms with Gasteiger partial charge in [0.15, 0.2) is 6.10 Å². The van der Waals surface area contributed by atoms with E-state index in [9.17, 15) is 15.2 Å². The highest BCUT2D eigenvalue weighted by Crippen LogP contribution is 2.41. The maximum Gasteiger partial charge on any atom is 0.267 e. The van der Waals surface area contributed by atoms with E-state index in [0.29, 0.717) is 6.61 Å². The maximum atomic E-state index is 13.2. The summed E-state index contributed by atoms with van der Waals surface area (Å²) in [5.41, 5.74) is 4.27. The topological polar surface area (TPSA) is 110 Å². The molecule has 9 nitrogen and oxygen atoms in total. The second kappa shape index (κ2) is 20.3. The molecule has 0 aromatic heterocycles. The summed E-state index contributed by atoms with van der Waals surface area (Å²) in [4.78, 5) is 12.8. The molecular weight excluding hydrogens is 731 g/mol. The van der Waals surface area contributed by atoms with E-state index in [1.54, 1.807) is 0 Å². The van der Waals surface area contributed by atoms with Gasteiger partial charge >= 0.3 is 0 Å². The molecule has 0 saturated carbocycles. The molecule has 0 aliphatic carbocycles. The molecule has 1 aliphatic heterocycles. The van der Waals surface area contributed by atoms with Crippen LogP contribution in [0.5, 0.6) is 0 Å². The minimum Gasteiger partial charge on any atom is -0.391 e. The maximum absolute atomic E-state index is 13.2. The van der Waals surface area contributed by atoms with E-state index in [1.807, 2.05) is 182 Å². The molecule has 298 valence electrons. The van der Waals surface area contributed by atoms with Crippen molar-refractivity contribution < 1.29 is 33.7 Å². The highest BCUT2D eigenvalue weighted by molar-refractivity contribution is 5.47. The zero-order valence-corrected chi connectivity index (χ0v) is 32.3. The van der Waals surface area contributed by atoms with Gasteiger partial charge in [0.25, 0.3) is 6.04 Å². The standard InChI is InChI=1S/C49H49NO8/c51-43(35-57-49(40-25-13-4-14-26-40,41-27-15-5-16-28-41)42-29-17-6-18-30-42)31-44-46(50(52)53)48(56-34-39-23-11-3-12-24-39)47(55-33-38-21-9-2-10-22-38)45(58-44)36-54-32-37-19-7-1-8-20-37/h1-30,43-48,51H,31-36H2/t43-,44+,45-,46+,47+,48-/m1/s1. The number of rotatable bonds is 19. The van der Waals surface area contributed by atoms with Crippen LogP contribution in [0.4, 0.5) is 0 Å². The van der Waals surface area contributed by atoms with E-state index in [4.69, 9.17) is 23.7 Å². The Morgan fingerprint density at radius 2 is 0.966 bits per heavy atom. The van der Waals surface area contributed by atoms with Crippen LogP contribution in [0.25, 0.3) is 0 Å². The van der Waals surface area contributed by atoms with Crippen molar-refractivity contribution in [3.8, 4) is 0 Å². The third-order valence-corrected chi connectivity index (χ3v) is 10.5. The molecule has 7 rings (SSSR count). The third-order valence-electron chi connectivity index (χ3n) is 10.5. The predicted molar refractivity (Wildman–Crippen MR) is 221 cm³/mol. The zero-order valence-electron chi connectivity index (χ0n) is 32.3. The highest BCUT2D eigenvalue weighted by atomic mass is 16.7. The van der Waals surface area contributed by atoms with Crippen molar-refractivity contribution in [1.82, 2.24) is 0 Å². The lowest BCUT2D eigenvalue weighted by atomic mass is 9.80. The van der Waals surface area contributed by atoms with E-state index < -0.39 is 42.2 Å². The largest absolute Gasteiger partial charge is 0.391 e. The fourth-order valence-corrected chi connectivity index (χ4v) is 7.71. The molecule has 0 bridgehead atoms. The van der Waals surface area contributed by atoms with Gasteiger partial charge in [-0.2, -0.15) is 0 Å². The molecule has 1 saturated heterocycles. The van der Waals surface area contributed by atoms with Crippen molar-refractivity contribution in [2.75, 3.05) is 13.2 Å². The second-order valence-corrected chi connectivity index (χ2v) is 14.5. The Labute approximate surface area is 339 Å². The molecule has 6 atom stereocenters. The summed E-state index contributed by atoms with van der Waals surface area (Å²) in [6.45, 7) is 0.530. The number of aliphatic hydroxyl groups excluding tert-OH is 1. The monoisotopic (exact) mass is 779 g/mol. The SMILES string of the molecule is O=[N+]([O-])[C@@H]1[C@@H](OCc2ccccc2)[C@@H](OCc2ccccc2)[C@@H](COCc2ccccc2)O[C@H]1C[C@@H](O)COC(c1ccccc1)(c1ccccc1)c1ccccc1. The average molecular weight is 780 g/mol. The first-order valence-electron chi connectivity index (χ1n) is 19.7. The number of benzene rings is 6. The van der Waals surface area contributed by atoms with Gasteiger partial charge in [-0.1, -0.05) is 182 Å². The van der Waals surface area contributed by atoms with Crippen molar-refractivity contribution in [3.63, 3.8) is 0 Å². The van der Waals surface area contributed by atoms with Gasteiger partial charge in [-0.3, -0.25) is 10.1 Å². The van der Waals surface area contributed by atoms with Crippen molar-refractivity contribution in [3.05, 3.63) is 225 Å². The molecule has 6 aromatic carbocycles. The first-order valence-corrected chi connectivity index (χ1v) is 19.7. The first-order chi connectivity index (χ1) is 28.5. The molecule has 1 aliphatic rings. The number of ether oxygens (including phenoxy) is 5. The lowest BCUT2D eigenvalue weighted by Gasteiger charge is -2.43. The van der Waals surface area contributed by atoms with Crippen LogP contribution in [0.2, 0.25) is 0 Å². The molecule has 0 radical (unpaired) electrons. The molecule has 58 heavy (non-hydrogen) atoms. The molecule has 0 unspecified atom stereocenters. The van der Waals surface area contributed by atoms with Crippen molar-refractivity contribution >= 4 is 0 Å². The lowest BCUT2D eigenvalue weighted by Crippen LogP contribution is -2.63. The summed E-state index contributed by atoms with van der Waals surface area (Å²) >= 11 is 0. The Kier molecular flexibility index (Phi) is 14.2. The van der Waals surface area contributed by atoms with Crippen LogP contribution in [-0.4, -0.2) is 59.8 Å². The average Bonchev–Trinajstić information content (AvgIpc) is 3.27. The number of hydrogen-bond donors (Lipinski definition) is 1. The number of hydrogen-bond acceptors (Lipinski definition) is 8. The van der Waals surface area contributed by atoms with Crippen LogP contribution in [0.15, 0.2) is 182 Å². The second-order valence-electron chi connectivity index (χ2n) is 14.5. The Hall–Kier alpha value is -5.52. The highest BCUT2D eigenvalue weighted by Gasteiger charge is 2.54. The van der Waals surface area contributed by atoms with Crippen molar-refractivity contribution in [2.24, 2.45) is 0 Å². The Bertz CT molecular complexity index is 2000. The number of nitro groups is 1. The molecule has 0 amide bonds. The van der Waals surface area contributed by atoms with E-state index in [0.717, 1.165) is 33.4 Å². The Morgan fingerprint density at radius 3 is 1.40 bits per heavy atom. The summed E-state index contributed by atoms with van der Waals surface area (Å²) < 4.78 is 32.8.